The van der Waals surface area contributed by atoms with Crippen LogP contribution in [-0.2, 0) is 14.8 Å². The molecular weight excluding hydrogens is 442 g/mol. The van der Waals surface area contributed by atoms with Gasteiger partial charge in [-0.05, 0) is 51.1 Å². The average Bonchev–Trinajstić information content (AvgIpc) is 3.06. The zero-order chi connectivity index (χ0) is 22.8. The molecule has 0 radical (unpaired) electrons. The first-order valence-corrected chi connectivity index (χ1v) is 11.1. The van der Waals surface area contributed by atoms with Gasteiger partial charge in [0, 0.05) is 5.02 Å². The Morgan fingerprint density at radius 1 is 1.16 bits per heavy atom. The van der Waals surface area contributed by atoms with E-state index in [0.29, 0.717) is 22.1 Å². The molecule has 0 bridgehead atoms. The third kappa shape index (κ3) is 4.83. The van der Waals surface area contributed by atoms with Crippen LogP contribution < -0.4 is 14.4 Å². The lowest BCUT2D eigenvalue weighted by atomic mass is 10.2. The number of methoxy groups -OCH3 is 1. The normalized spacial score (nSPS) is 11.3. The van der Waals surface area contributed by atoms with Crippen LogP contribution in [0, 0.1) is 20.8 Å². The monoisotopic (exact) mass is 463 g/mol. The number of hydrogen-bond acceptors (Lipinski definition) is 6. The van der Waals surface area contributed by atoms with Crippen LogP contribution in [0.2, 0.25) is 5.02 Å². The first-order chi connectivity index (χ1) is 14.6. The molecule has 10 heteroatoms. The highest BCUT2D eigenvalue weighted by molar-refractivity contribution is 7.93. The van der Waals surface area contributed by atoms with Gasteiger partial charge in [-0.3, -0.25) is 9.10 Å². The fraction of sp³-hybridized carbons (Fsp3) is 0.238. The molecule has 1 heterocycles. The van der Waals surface area contributed by atoms with Gasteiger partial charge >= 0.3 is 0 Å². The second-order valence-electron chi connectivity index (χ2n) is 6.89. The summed E-state index contributed by atoms with van der Waals surface area (Å²) >= 11 is 6.02. The molecule has 0 saturated heterocycles. The Bertz CT molecular complexity index is 1190. The van der Waals surface area contributed by atoms with Crippen LogP contribution in [0.4, 0.5) is 11.4 Å². The van der Waals surface area contributed by atoms with E-state index in [1.807, 2.05) is 6.92 Å². The Balaban J connectivity index is 1.99. The van der Waals surface area contributed by atoms with Gasteiger partial charge in [-0.2, -0.15) is 0 Å². The number of carbonyl (C=O) groups excluding carboxylic acids is 1. The minimum Gasteiger partial charge on any atom is -0.495 e. The largest absolute Gasteiger partial charge is 0.495 e. The zero-order valence-corrected chi connectivity index (χ0v) is 19.0. The molecule has 3 aromatic rings. The molecule has 0 atom stereocenters. The molecule has 164 valence electrons. The van der Waals surface area contributed by atoms with Crippen molar-refractivity contribution in [1.82, 2.24) is 5.16 Å². The van der Waals surface area contributed by atoms with E-state index in [9.17, 15) is 13.2 Å². The van der Waals surface area contributed by atoms with Gasteiger partial charge in [-0.1, -0.05) is 34.5 Å². The number of benzene rings is 2. The van der Waals surface area contributed by atoms with Crippen molar-refractivity contribution in [2.24, 2.45) is 0 Å². The van der Waals surface area contributed by atoms with E-state index in [1.165, 1.54) is 27.0 Å². The number of anilines is 2. The van der Waals surface area contributed by atoms with E-state index >= 15 is 0 Å². The van der Waals surface area contributed by atoms with Gasteiger partial charge in [0.25, 0.3) is 10.0 Å². The minimum atomic E-state index is -4.14. The first-order valence-electron chi connectivity index (χ1n) is 9.29. The second-order valence-corrected chi connectivity index (χ2v) is 9.13. The van der Waals surface area contributed by atoms with Crippen molar-refractivity contribution in [3.63, 3.8) is 0 Å². The van der Waals surface area contributed by atoms with Crippen LogP contribution in [0.1, 0.15) is 17.0 Å². The predicted molar refractivity (Wildman–Crippen MR) is 118 cm³/mol. The molecule has 0 aliphatic heterocycles. The molecule has 0 aliphatic carbocycles. The Morgan fingerprint density at radius 2 is 1.84 bits per heavy atom. The van der Waals surface area contributed by atoms with Crippen molar-refractivity contribution in [3.8, 4) is 5.75 Å². The van der Waals surface area contributed by atoms with Crippen molar-refractivity contribution >= 4 is 38.9 Å². The maximum Gasteiger partial charge on any atom is 0.270 e. The van der Waals surface area contributed by atoms with Crippen LogP contribution >= 0.6 is 11.6 Å². The third-order valence-corrected chi connectivity index (χ3v) is 6.81. The van der Waals surface area contributed by atoms with E-state index in [1.54, 1.807) is 36.4 Å². The summed E-state index contributed by atoms with van der Waals surface area (Å²) in [5.41, 5.74) is 1.83. The van der Waals surface area contributed by atoms with E-state index in [0.717, 1.165) is 9.87 Å². The Morgan fingerprint density at radius 3 is 2.42 bits per heavy atom. The standard InChI is InChI=1S/C21H22ClN3O5S/c1-13-5-8-17(9-6-13)25(31(27,28)21-14(2)24-30-15(21)3)12-20(26)23-18-11-16(22)7-10-19(18)29-4/h5-11H,12H2,1-4H3,(H,23,26). The van der Waals surface area contributed by atoms with Crippen LogP contribution in [0.25, 0.3) is 0 Å². The fourth-order valence-corrected chi connectivity index (χ4v) is 4.97. The summed E-state index contributed by atoms with van der Waals surface area (Å²) in [5.74, 6) is -0.0313. The number of sulfonamides is 1. The van der Waals surface area contributed by atoms with Gasteiger partial charge in [0.05, 0.1) is 18.5 Å². The predicted octanol–water partition coefficient (Wildman–Crippen LogP) is 4.10. The van der Waals surface area contributed by atoms with E-state index < -0.39 is 22.5 Å². The lowest BCUT2D eigenvalue weighted by Gasteiger charge is -2.24. The smallest absolute Gasteiger partial charge is 0.270 e. The van der Waals surface area contributed by atoms with Crippen molar-refractivity contribution in [2.45, 2.75) is 25.7 Å². The lowest BCUT2D eigenvalue weighted by Crippen LogP contribution is -2.38. The molecule has 0 spiro atoms. The summed E-state index contributed by atoms with van der Waals surface area (Å²) in [4.78, 5) is 12.8. The summed E-state index contributed by atoms with van der Waals surface area (Å²) in [6.45, 7) is 4.45. The van der Waals surface area contributed by atoms with Crippen molar-refractivity contribution in [3.05, 3.63) is 64.5 Å². The van der Waals surface area contributed by atoms with Crippen molar-refractivity contribution < 1.29 is 22.5 Å². The SMILES string of the molecule is COc1ccc(Cl)cc1NC(=O)CN(c1ccc(C)cc1)S(=O)(=O)c1c(C)noc1C. The molecule has 8 nitrogen and oxygen atoms in total. The Labute approximate surface area is 185 Å². The second kappa shape index (κ2) is 8.99. The summed E-state index contributed by atoms with van der Waals surface area (Å²) < 4.78 is 38.3. The Hall–Kier alpha value is -3.04. The number of halogens is 1. The highest BCUT2D eigenvalue weighted by Gasteiger charge is 2.33. The quantitative estimate of drug-likeness (QED) is 0.566. The molecule has 0 unspecified atom stereocenters. The molecule has 0 saturated carbocycles. The van der Waals surface area contributed by atoms with Gasteiger partial charge in [-0.25, -0.2) is 8.42 Å². The van der Waals surface area contributed by atoms with Crippen molar-refractivity contribution in [1.29, 1.82) is 0 Å². The molecule has 1 N–H and O–H groups in total. The van der Waals surface area contributed by atoms with Gasteiger partial charge in [0.15, 0.2) is 10.7 Å². The zero-order valence-electron chi connectivity index (χ0n) is 17.5. The molecule has 0 fully saturated rings. The van der Waals surface area contributed by atoms with Crippen LogP contribution in [-0.4, -0.2) is 33.1 Å². The molecule has 3 rings (SSSR count). The third-order valence-electron chi connectivity index (χ3n) is 4.56. The summed E-state index contributed by atoms with van der Waals surface area (Å²) in [6, 6.07) is 11.6. The first kappa shape index (κ1) is 22.6. The number of carbonyl (C=O) groups is 1. The molecule has 0 aliphatic rings. The van der Waals surface area contributed by atoms with Gasteiger partial charge in [0.1, 0.15) is 18.0 Å². The van der Waals surface area contributed by atoms with Gasteiger partial charge in [0.2, 0.25) is 5.91 Å². The van der Waals surface area contributed by atoms with Gasteiger partial charge in [-0.15, -0.1) is 0 Å². The molecular formula is C21H22ClN3O5S. The van der Waals surface area contributed by atoms with Gasteiger partial charge < -0.3 is 14.6 Å². The van der Waals surface area contributed by atoms with E-state index in [-0.39, 0.29) is 16.3 Å². The average molecular weight is 464 g/mol. The Kier molecular flexibility index (Phi) is 6.56. The van der Waals surface area contributed by atoms with Crippen LogP contribution in [0.15, 0.2) is 51.9 Å². The summed E-state index contributed by atoms with van der Waals surface area (Å²) in [7, 11) is -2.68. The topological polar surface area (TPSA) is 102 Å². The van der Waals surface area contributed by atoms with E-state index in [4.69, 9.17) is 20.9 Å². The summed E-state index contributed by atoms with van der Waals surface area (Å²) in [6.07, 6.45) is 0. The maximum absolute atomic E-state index is 13.5. The summed E-state index contributed by atoms with van der Waals surface area (Å²) in [5, 5.41) is 6.80. The number of amides is 1. The highest BCUT2D eigenvalue weighted by Crippen LogP contribution is 2.30. The number of aromatic nitrogens is 1. The maximum atomic E-state index is 13.5. The number of ether oxygens (including phenoxy) is 1. The minimum absolute atomic E-state index is 0.0683. The number of nitrogens with one attached hydrogen (secondary N) is 1. The number of hydrogen-bond donors (Lipinski definition) is 1. The highest BCUT2D eigenvalue weighted by atomic mass is 35.5. The lowest BCUT2D eigenvalue weighted by molar-refractivity contribution is -0.114. The number of rotatable bonds is 7. The number of aryl methyl sites for hydroxylation is 3. The van der Waals surface area contributed by atoms with Crippen molar-refractivity contribution in [2.75, 3.05) is 23.3 Å². The molecule has 2 aromatic carbocycles. The fourth-order valence-electron chi connectivity index (χ4n) is 3.08. The number of nitrogens with zero attached hydrogens (tertiary/aromatic N) is 2. The molecule has 1 amide bonds. The van der Waals surface area contributed by atoms with Crippen LogP contribution in [0.5, 0.6) is 5.75 Å². The molecule has 1 aromatic heterocycles. The van der Waals surface area contributed by atoms with E-state index in [2.05, 4.69) is 10.5 Å². The van der Waals surface area contributed by atoms with Crippen LogP contribution in [0.3, 0.4) is 0 Å². The molecule has 31 heavy (non-hydrogen) atoms.